The van der Waals surface area contributed by atoms with Crippen molar-refractivity contribution in [1.29, 1.82) is 0 Å². The van der Waals surface area contributed by atoms with Crippen molar-refractivity contribution in [2.24, 2.45) is 0 Å². The van der Waals surface area contributed by atoms with Crippen molar-refractivity contribution < 1.29 is 9.59 Å². The first-order chi connectivity index (χ1) is 13.2. The number of carbonyl (C=O) groups is 2. The van der Waals surface area contributed by atoms with Crippen molar-refractivity contribution in [1.82, 2.24) is 4.98 Å². The molecule has 0 saturated heterocycles. The second-order valence-electron chi connectivity index (χ2n) is 6.21. The van der Waals surface area contributed by atoms with Crippen molar-refractivity contribution >= 4 is 23.5 Å². The molecule has 3 heteroatoms. The molecule has 4 aromatic rings. The van der Waals surface area contributed by atoms with Crippen LogP contribution in [0.4, 0.5) is 0 Å². The number of aromatic nitrogens is 1. The van der Waals surface area contributed by atoms with Crippen molar-refractivity contribution in [3.05, 3.63) is 95.1 Å². The summed E-state index contributed by atoms with van der Waals surface area (Å²) in [5.41, 5.74) is 6.11. The van der Waals surface area contributed by atoms with Gasteiger partial charge in [0.05, 0.1) is 0 Å². The standard InChI is InChI=1S/C24H15NO2/c26-15-19-5-2-17(3-6-19)1-4-18-7-12-22-14-24(25-23(22)13-18)21-10-8-20(16-27)9-11-21/h2-3,5-16,25H. The molecular formula is C24H15NO2. The number of carbonyl (C=O) groups excluding carboxylic acids is 2. The molecule has 0 aliphatic rings. The second kappa shape index (κ2) is 7.15. The molecule has 1 heterocycles. The fourth-order valence-corrected chi connectivity index (χ4v) is 2.89. The van der Waals surface area contributed by atoms with Crippen LogP contribution in [0.2, 0.25) is 0 Å². The molecule has 1 N–H and O–H groups in total. The Bertz CT molecular complexity index is 1190. The zero-order chi connectivity index (χ0) is 18.6. The third kappa shape index (κ3) is 3.56. The predicted octanol–water partition coefficient (Wildman–Crippen LogP) is 4.86. The fraction of sp³-hybridized carbons (Fsp3) is 0. The lowest BCUT2D eigenvalue weighted by molar-refractivity contribution is 0.111. The van der Waals surface area contributed by atoms with E-state index >= 15 is 0 Å². The summed E-state index contributed by atoms with van der Waals surface area (Å²) in [6.07, 6.45) is 1.66. The van der Waals surface area contributed by atoms with Gasteiger partial charge in [-0.2, -0.15) is 0 Å². The van der Waals surface area contributed by atoms with Gasteiger partial charge in [0.25, 0.3) is 0 Å². The average Bonchev–Trinajstić information content (AvgIpc) is 3.16. The highest BCUT2D eigenvalue weighted by Gasteiger charge is 2.04. The topological polar surface area (TPSA) is 49.9 Å². The summed E-state index contributed by atoms with van der Waals surface area (Å²) in [7, 11) is 0. The van der Waals surface area contributed by atoms with Crippen molar-refractivity contribution in [2.75, 3.05) is 0 Å². The maximum absolute atomic E-state index is 10.8. The van der Waals surface area contributed by atoms with E-state index in [1.165, 1.54) is 0 Å². The van der Waals surface area contributed by atoms with Crippen LogP contribution in [-0.2, 0) is 0 Å². The number of aldehydes is 2. The Kier molecular flexibility index (Phi) is 4.38. The molecule has 4 rings (SSSR count). The monoisotopic (exact) mass is 349 g/mol. The van der Waals surface area contributed by atoms with Gasteiger partial charge in [-0.3, -0.25) is 9.59 Å². The maximum Gasteiger partial charge on any atom is 0.150 e. The number of H-pyrrole nitrogens is 1. The van der Waals surface area contributed by atoms with Crippen LogP contribution in [-0.4, -0.2) is 17.6 Å². The fourth-order valence-electron chi connectivity index (χ4n) is 2.89. The number of nitrogens with one attached hydrogen (secondary N) is 1. The Morgan fingerprint density at radius 3 is 1.93 bits per heavy atom. The predicted molar refractivity (Wildman–Crippen MR) is 107 cm³/mol. The summed E-state index contributed by atoms with van der Waals surface area (Å²) in [6, 6.07) is 22.8. The molecule has 0 aliphatic heterocycles. The molecule has 0 aliphatic carbocycles. The van der Waals surface area contributed by atoms with Crippen LogP contribution in [0.1, 0.15) is 31.8 Å². The Balaban J connectivity index is 1.63. The van der Waals surface area contributed by atoms with Gasteiger partial charge in [0.15, 0.2) is 0 Å². The molecule has 0 atom stereocenters. The summed E-state index contributed by atoms with van der Waals surface area (Å²) < 4.78 is 0. The molecule has 128 valence electrons. The minimum absolute atomic E-state index is 0.641. The van der Waals surface area contributed by atoms with Crippen LogP contribution < -0.4 is 0 Å². The van der Waals surface area contributed by atoms with Crippen LogP contribution in [0.5, 0.6) is 0 Å². The number of hydrogen-bond donors (Lipinski definition) is 1. The van der Waals surface area contributed by atoms with E-state index in [9.17, 15) is 9.59 Å². The Morgan fingerprint density at radius 1 is 0.667 bits per heavy atom. The van der Waals surface area contributed by atoms with Crippen LogP contribution in [0.15, 0.2) is 72.8 Å². The van der Waals surface area contributed by atoms with E-state index in [0.29, 0.717) is 11.1 Å². The first-order valence-corrected chi connectivity index (χ1v) is 8.51. The highest BCUT2D eigenvalue weighted by Crippen LogP contribution is 2.25. The molecule has 0 spiro atoms. The van der Waals surface area contributed by atoms with Gasteiger partial charge in [-0.25, -0.2) is 0 Å². The van der Waals surface area contributed by atoms with E-state index in [-0.39, 0.29) is 0 Å². The van der Waals surface area contributed by atoms with Crippen molar-refractivity contribution in [2.45, 2.75) is 0 Å². The van der Waals surface area contributed by atoms with Gasteiger partial charge >= 0.3 is 0 Å². The summed E-state index contributed by atoms with van der Waals surface area (Å²) in [6.45, 7) is 0. The molecular weight excluding hydrogens is 334 g/mol. The SMILES string of the molecule is O=Cc1ccc(C#Cc2ccc3cc(-c4ccc(C=O)cc4)[nH]c3c2)cc1. The van der Waals surface area contributed by atoms with E-state index < -0.39 is 0 Å². The number of hydrogen-bond acceptors (Lipinski definition) is 2. The third-order valence-corrected chi connectivity index (χ3v) is 4.38. The van der Waals surface area contributed by atoms with Crippen molar-refractivity contribution in [3.63, 3.8) is 0 Å². The van der Waals surface area contributed by atoms with Gasteiger partial charge in [0.1, 0.15) is 12.6 Å². The molecule has 0 unspecified atom stereocenters. The summed E-state index contributed by atoms with van der Waals surface area (Å²) in [5.74, 6) is 6.27. The molecule has 0 bridgehead atoms. The number of benzene rings is 3. The van der Waals surface area contributed by atoms with Gasteiger partial charge < -0.3 is 4.98 Å². The summed E-state index contributed by atoms with van der Waals surface area (Å²) >= 11 is 0. The van der Waals surface area contributed by atoms with Gasteiger partial charge in [-0.15, -0.1) is 0 Å². The molecule has 0 radical (unpaired) electrons. The summed E-state index contributed by atoms with van der Waals surface area (Å²) in [4.78, 5) is 24.9. The highest BCUT2D eigenvalue weighted by atomic mass is 16.1. The largest absolute Gasteiger partial charge is 0.354 e. The number of aromatic amines is 1. The maximum atomic E-state index is 10.8. The van der Waals surface area contributed by atoms with E-state index in [4.69, 9.17) is 0 Å². The van der Waals surface area contributed by atoms with Crippen LogP contribution in [0.3, 0.4) is 0 Å². The molecule has 3 aromatic carbocycles. The van der Waals surface area contributed by atoms with Crippen molar-refractivity contribution in [3.8, 4) is 23.1 Å². The molecule has 0 saturated carbocycles. The lowest BCUT2D eigenvalue weighted by Gasteiger charge is -1.97. The minimum atomic E-state index is 0.641. The normalized spacial score (nSPS) is 10.2. The van der Waals surface area contributed by atoms with Crippen LogP contribution in [0.25, 0.3) is 22.2 Å². The number of fused-ring (bicyclic) bond motifs is 1. The zero-order valence-corrected chi connectivity index (χ0v) is 14.4. The Morgan fingerprint density at radius 2 is 1.26 bits per heavy atom. The first kappa shape index (κ1) is 16.6. The number of rotatable bonds is 3. The van der Waals surface area contributed by atoms with Crippen LogP contribution in [0, 0.1) is 11.8 Å². The quantitative estimate of drug-likeness (QED) is 0.424. The lowest BCUT2D eigenvalue weighted by atomic mass is 10.1. The van der Waals surface area contributed by atoms with Gasteiger partial charge in [0, 0.05) is 38.9 Å². The van der Waals surface area contributed by atoms with E-state index in [1.807, 2.05) is 42.5 Å². The lowest BCUT2D eigenvalue weighted by Crippen LogP contribution is -1.81. The van der Waals surface area contributed by atoms with Gasteiger partial charge in [-0.05, 0) is 35.9 Å². The Hall–Kier alpha value is -3.90. The van der Waals surface area contributed by atoms with Crippen LogP contribution >= 0.6 is 0 Å². The zero-order valence-electron chi connectivity index (χ0n) is 14.4. The average molecular weight is 349 g/mol. The van der Waals surface area contributed by atoms with E-state index in [1.54, 1.807) is 24.3 Å². The molecule has 3 nitrogen and oxygen atoms in total. The first-order valence-electron chi connectivity index (χ1n) is 8.51. The highest BCUT2D eigenvalue weighted by molar-refractivity contribution is 5.87. The smallest absolute Gasteiger partial charge is 0.150 e. The third-order valence-electron chi connectivity index (χ3n) is 4.38. The molecule has 27 heavy (non-hydrogen) atoms. The molecule has 0 fully saturated rings. The molecule has 1 aromatic heterocycles. The minimum Gasteiger partial charge on any atom is -0.354 e. The van der Waals surface area contributed by atoms with Gasteiger partial charge in [-0.1, -0.05) is 54.3 Å². The molecule has 0 amide bonds. The summed E-state index contributed by atoms with van der Waals surface area (Å²) in [5, 5.41) is 1.10. The second-order valence-corrected chi connectivity index (χ2v) is 6.21. The Labute approximate surface area is 156 Å². The van der Waals surface area contributed by atoms with E-state index in [2.05, 4.69) is 22.9 Å². The van der Waals surface area contributed by atoms with Gasteiger partial charge in [0.2, 0.25) is 0 Å². The van der Waals surface area contributed by atoms with E-state index in [0.717, 1.165) is 45.9 Å².